The number of aliphatic hydroxyl groups is 1. The topological polar surface area (TPSA) is 96.5 Å². The fourth-order valence-electron chi connectivity index (χ4n) is 2.18. The van der Waals surface area contributed by atoms with E-state index in [1.807, 2.05) is 0 Å². The number of hydrogen-bond acceptors (Lipinski definition) is 5. The number of nitrogens with zero attached hydrogens (tertiary/aromatic N) is 2. The van der Waals surface area contributed by atoms with Crippen molar-refractivity contribution in [3.05, 3.63) is 24.0 Å². The van der Waals surface area contributed by atoms with Crippen molar-refractivity contribution in [1.82, 2.24) is 9.29 Å². The van der Waals surface area contributed by atoms with Gasteiger partial charge in [0.25, 0.3) is 0 Å². The molecule has 2 rings (SSSR count). The summed E-state index contributed by atoms with van der Waals surface area (Å²) in [7, 11) is -1.95. The number of pyridine rings is 1. The Morgan fingerprint density at radius 1 is 1.47 bits per heavy atom. The summed E-state index contributed by atoms with van der Waals surface area (Å²) in [6.45, 7) is 0.716. The van der Waals surface area contributed by atoms with Gasteiger partial charge in [-0.3, -0.25) is 4.98 Å². The van der Waals surface area contributed by atoms with Crippen molar-refractivity contribution in [3.63, 3.8) is 0 Å². The Morgan fingerprint density at radius 2 is 2.16 bits per heavy atom. The highest BCUT2D eigenvalue weighted by atomic mass is 32.2. The molecule has 0 atom stereocenters. The van der Waals surface area contributed by atoms with Crippen LogP contribution in [0.25, 0.3) is 0 Å². The summed E-state index contributed by atoms with van der Waals surface area (Å²) >= 11 is 0. The van der Waals surface area contributed by atoms with Crippen LogP contribution in [0.3, 0.4) is 0 Å². The molecule has 0 saturated heterocycles. The van der Waals surface area contributed by atoms with Gasteiger partial charge < -0.3 is 10.8 Å². The number of nitrogens with two attached hydrogens (primary N) is 1. The lowest BCUT2D eigenvalue weighted by atomic mass is 9.82. The summed E-state index contributed by atoms with van der Waals surface area (Å²) in [5.74, 6) is 0.242. The molecule has 1 aliphatic carbocycles. The van der Waals surface area contributed by atoms with Crippen LogP contribution in [-0.2, 0) is 16.6 Å². The predicted molar refractivity (Wildman–Crippen MR) is 70.7 cm³/mol. The molecule has 0 bridgehead atoms. The van der Waals surface area contributed by atoms with Crippen LogP contribution < -0.4 is 5.73 Å². The molecule has 1 saturated carbocycles. The zero-order chi connectivity index (χ0) is 14.0. The first-order chi connectivity index (χ1) is 8.93. The SMILES string of the molecule is CN(CC1CC(O)C1)S(=O)(=O)c1ccc(CN)nc1. The second kappa shape index (κ2) is 5.54. The molecule has 1 aliphatic rings. The molecule has 19 heavy (non-hydrogen) atoms. The van der Waals surface area contributed by atoms with Crippen molar-refractivity contribution >= 4 is 10.0 Å². The second-order valence-corrected chi connectivity index (χ2v) is 7.01. The third-order valence-electron chi connectivity index (χ3n) is 3.44. The van der Waals surface area contributed by atoms with E-state index in [1.165, 1.54) is 16.6 Å². The van der Waals surface area contributed by atoms with Crippen molar-refractivity contribution in [3.8, 4) is 0 Å². The highest BCUT2D eigenvalue weighted by molar-refractivity contribution is 7.89. The van der Waals surface area contributed by atoms with Crippen LogP contribution in [0.5, 0.6) is 0 Å². The predicted octanol–water partition coefficient (Wildman–Crippen LogP) is -0.0683. The van der Waals surface area contributed by atoms with E-state index in [-0.39, 0.29) is 23.5 Å². The van der Waals surface area contributed by atoms with Gasteiger partial charge in [0, 0.05) is 26.3 Å². The van der Waals surface area contributed by atoms with E-state index >= 15 is 0 Å². The number of rotatable bonds is 5. The first kappa shape index (κ1) is 14.4. The smallest absolute Gasteiger partial charge is 0.244 e. The maximum atomic E-state index is 12.3. The van der Waals surface area contributed by atoms with E-state index in [0.717, 1.165) is 0 Å². The molecule has 1 aromatic rings. The van der Waals surface area contributed by atoms with E-state index in [4.69, 9.17) is 5.73 Å². The molecule has 1 fully saturated rings. The van der Waals surface area contributed by atoms with Crippen molar-refractivity contribution < 1.29 is 13.5 Å². The minimum Gasteiger partial charge on any atom is -0.393 e. The Kier molecular flexibility index (Phi) is 4.19. The Labute approximate surface area is 113 Å². The van der Waals surface area contributed by atoms with Gasteiger partial charge >= 0.3 is 0 Å². The zero-order valence-electron chi connectivity index (χ0n) is 10.9. The lowest BCUT2D eigenvalue weighted by molar-refractivity contribution is 0.0367. The number of aliphatic hydroxyl groups excluding tert-OH is 1. The van der Waals surface area contributed by atoms with E-state index in [2.05, 4.69) is 4.98 Å². The molecule has 7 heteroatoms. The zero-order valence-corrected chi connectivity index (χ0v) is 11.7. The molecule has 1 heterocycles. The Hall–Kier alpha value is -1.02. The van der Waals surface area contributed by atoms with Crippen LogP contribution >= 0.6 is 0 Å². The van der Waals surface area contributed by atoms with Crippen molar-refractivity contribution in [1.29, 1.82) is 0 Å². The van der Waals surface area contributed by atoms with Gasteiger partial charge in [0.1, 0.15) is 4.90 Å². The Balaban J connectivity index is 2.07. The highest BCUT2D eigenvalue weighted by Gasteiger charge is 2.31. The molecule has 1 aromatic heterocycles. The second-order valence-electron chi connectivity index (χ2n) is 4.97. The third kappa shape index (κ3) is 3.11. The summed E-state index contributed by atoms with van der Waals surface area (Å²) < 4.78 is 25.9. The number of sulfonamides is 1. The quantitative estimate of drug-likeness (QED) is 0.789. The minimum atomic E-state index is -3.50. The maximum absolute atomic E-state index is 12.3. The van der Waals surface area contributed by atoms with Crippen LogP contribution in [0, 0.1) is 5.92 Å². The Morgan fingerprint density at radius 3 is 2.63 bits per heavy atom. The average Bonchev–Trinajstić information content (AvgIpc) is 2.36. The minimum absolute atomic E-state index is 0.173. The Bertz CT molecular complexity index is 524. The maximum Gasteiger partial charge on any atom is 0.244 e. The van der Waals surface area contributed by atoms with E-state index in [0.29, 0.717) is 25.1 Å². The molecule has 0 unspecified atom stereocenters. The fourth-order valence-corrected chi connectivity index (χ4v) is 3.37. The molecular formula is C12H19N3O3S. The monoisotopic (exact) mass is 285 g/mol. The van der Waals surface area contributed by atoms with E-state index in [9.17, 15) is 13.5 Å². The standard InChI is InChI=1S/C12H19N3O3S/c1-15(8-9-4-11(16)5-9)19(17,18)12-3-2-10(6-13)14-7-12/h2-3,7,9,11,16H,4-6,8,13H2,1H3. The normalized spacial score (nSPS) is 23.4. The van der Waals surface area contributed by atoms with Gasteiger partial charge in [-0.1, -0.05) is 0 Å². The van der Waals surface area contributed by atoms with Crippen LogP contribution in [0.15, 0.2) is 23.2 Å². The van der Waals surface area contributed by atoms with Gasteiger partial charge in [0.2, 0.25) is 10.0 Å². The molecule has 0 aliphatic heterocycles. The van der Waals surface area contributed by atoms with Gasteiger partial charge in [-0.05, 0) is 30.9 Å². The fraction of sp³-hybridized carbons (Fsp3) is 0.583. The average molecular weight is 285 g/mol. The van der Waals surface area contributed by atoms with Gasteiger partial charge in [0.15, 0.2) is 0 Å². The lowest BCUT2D eigenvalue weighted by Crippen LogP contribution is -2.39. The van der Waals surface area contributed by atoms with Crippen molar-refractivity contribution in [2.24, 2.45) is 11.7 Å². The first-order valence-corrected chi connectivity index (χ1v) is 7.67. The summed E-state index contributed by atoms with van der Waals surface area (Å²) in [6.07, 6.45) is 2.41. The molecule has 6 nitrogen and oxygen atoms in total. The molecule has 0 spiro atoms. The molecule has 3 N–H and O–H groups in total. The molecule has 0 radical (unpaired) electrons. The first-order valence-electron chi connectivity index (χ1n) is 6.23. The van der Waals surface area contributed by atoms with Crippen LogP contribution in [-0.4, -0.2) is 42.5 Å². The summed E-state index contributed by atoms with van der Waals surface area (Å²) in [6, 6.07) is 3.14. The summed E-state index contributed by atoms with van der Waals surface area (Å²) in [5, 5.41) is 9.22. The van der Waals surface area contributed by atoms with Gasteiger partial charge in [-0.15, -0.1) is 0 Å². The van der Waals surface area contributed by atoms with Crippen LogP contribution in [0.2, 0.25) is 0 Å². The third-order valence-corrected chi connectivity index (χ3v) is 5.25. The van der Waals surface area contributed by atoms with Crippen LogP contribution in [0.4, 0.5) is 0 Å². The molecular weight excluding hydrogens is 266 g/mol. The molecule has 0 amide bonds. The van der Waals surface area contributed by atoms with Crippen molar-refractivity contribution in [2.45, 2.75) is 30.4 Å². The van der Waals surface area contributed by atoms with Gasteiger partial charge in [-0.2, -0.15) is 0 Å². The van der Waals surface area contributed by atoms with Crippen molar-refractivity contribution in [2.75, 3.05) is 13.6 Å². The molecule has 106 valence electrons. The summed E-state index contributed by atoms with van der Waals surface area (Å²) in [4.78, 5) is 4.17. The number of hydrogen-bond donors (Lipinski definition) is 2. The largest absolute Gasteiger partial charge is 0.393 e. The highest BCUT2D eigenvalue weighted by Crippen LogP contribution is 2.29. The van der Waals surface area contributed by atoms with E-state index in [1.54, 1.807) is 13.1 Å². The van der Waals surface area contributed by atoms with Gasteiger partial charge in [0.05, 0.1) is 11.8 Å². The molecule has 0 aromatic carbocycles. The summed E-state index contributed by atoms with van der Waals surface area (Å²) in [5.41, 5.74) is 6.08. The van der Waals surface area contributed by atoms with Gasteiger partial charge in [-0.25, -0.2) is 12.7 Å². The number of aromatic nitrogens is 1. The van der Waals surface area contributed by atoms with Crippen LogP contribution in [0.1, 0.15) is 18.5 Å². The van der Waals surface area contributed by atoms with E-state index < -0.39 is 10.0 Å². The lowest BCUT2D eigenvalue weighted by Gasteiger charge is -2.34.